The fourth-order valence-corrected chi connectivity index (χ4v) is 8.07. The second kappa shape index (κ2) is 10.2. The first-order chi connectivity index (χ1) is 16.2. The van der Waals surface area contributed by atoms with Crippen molar-refractivity contribution in [2.45, 2.75) is 36.6 Å². The molecule has 1 saturated heterocycles. The van der Waals surface area contributed by atoms with Crippen LogP contribution >= 0.6 is 34.3 Å². The third-order valence-electron chi connectivity index (χ3n) is 5.35. The second-order valence-corrected chi connectivity index (χ2v) is 12.3. The van der Waals surface area contributed by atoms with Gasteiger partial charge in [0.05, 0.1) is 26.1 Å². The maximum absolute atomic E-state index is 13.2. The van der Waals surface area contributed by atoms with E-state index < -0.39 is 26.9 Å². The Hall–Kier alpha value is -2.16. The van der Waals surface area contributed by atoms with Crippen LogP contribution in [0.3, 0.4) is 0 Å². The summed E-state index contributed by atoms with van der Waals surface area (Å²) in [5.41, 5.74) is 0.491. The van der Waals surface area contributed by atoms with Gasteiger partial charge in [0.25, 0.3) is 21.6 Å². The lowest BCUT2D eigenvalue weighted by molar-refractivity contribution is -0.384. The van der Waals surface area contributed by atoms with E-state index in [0.29, 0.717) is 47.3 Å². The van der Waals surface area contributed by atoms with Crippen molar-refractivity contribution in [2.75, 3.05) is 19.8 Å². The molecule has 3 heterocycles. The van der Waals surface area contributed by atoms with Gasteiger partial charge in [0.2, 0.25) is 0 Å². The summed E-state index contributed by atoms with van der Waals surface area (Å²) in [5, 5.41) is 11.3. The maximum atomic E-state index is 13.2. The van der Waals surface area contributed by atoms with Crippen molar-refractivity contribution >= 4 is 66.1 Å². The number of halogens is 1. The molecule has 0 bridgehead atoms. The van der Waals surface area contributed by atoms with Gasteiger partial charge in [-0.2, -0.15) is 9.30 Å². The predicted molar refractivity (Wildman–Crippen MR) is 130 cm³/mol. The number of nitrogens with zero attached hydrogens (tertiary/aromatic N) is 4. The van der Waals surface area contributed by atoms with Gasteiger partial charge in [0.1, 0.15) is 10.3 Å². The van der Waals surface area contributed by atoms with Crippen molar-refractivity contribution in [3.63, 3.8) is 0 Å². The molecular weight excluding hydrogens is 524 g/mol. The molecule has 0 saturated carbocycles. The van der Waals surface area contributed by atoms with Crippen LogP contribution in [-0.2, 0) is 26.1 Å². The molecule has 1 unspecified atom stereocenters. The van der Waals surface area contributed by atoms with Crippen molar-refractivity contribution in [1.29, 1.82) is 0 Å². The van der Waals surface area contributed by atoms with Gasteiger partial charge in [-0.3, -0.25) is 14.9 Å². The number of nitro benzene ring substituents is 1. The van der Waals surface area contributed by atoms with Crippen molar-refractivity contribution in [3.8, 4) is 0 Å². The van der Waals surface area contributed by atoms with Crippen LogP contribution in [0.4, 0.5) is 5.69 Å². The van der Waals surface area contributed by atoms with Gasteiger partial charge in [0, 0.05) is 31.8 Å². The zero-order valence-corrected chi connectivity index (χ0v) is 21.3. The Morgan fingerprint density at radius 1 is 1.32 bits per heavy atom. The minimum absolute atomic E-state index is 0.0731. The molecule has 1 aliphatic heterocycles. The number of fused-ring (bicyclic) bond motifs is 1. The van der Waals surface area contributed by atoms with E-state index in [-0.39, 0.29) is 16.4 Å². The number of hydrogen-bond acceptors (Lipinski definition) is 8. The van der Waals surface area contributed by atoms with Crippen LogP contribution in [0.1, 0.15) is 19.8 Å². The summed E-state index contributed by atoms with van der Waals surface area (Å²) in [6, 6.07) is 6.47. The molecule has 0 radical (unpaired) electrons. The minimum atomic E-state index is -3.88. The summed E-state index contributed by atoms with van der Waals surface area (Å²) in [7, 11) is -3.88. The van der Waals surface area contributed by atoms with E-state index >= 15 is 0 Å². The Morgan fingerprint density at radius 2 is 2.12 bits per heavy atom. The molecule has 3 aromatic rings. The fourth-order valence-electron chi connectivity index (χ4n) is 3.77. The highest BCUT2D eigenvalue weighted by Crippen LogP contribution is 2.32. The number of aromatic nitrogens is 1. The number of nitro groups is 1. The third kappa shape index (κ3) is 4.95. The van der Waals surface area contributed by atoms with E-state index in [4.69, 9.17) is 16.3 Å². The Kier molecular flexibility index (Phi) is 7.50. The molecule has 14 heteroatoms. The van der Waals surface area contributed by atoms with Gasteiger partial charge in [-0.1, -0.05) is 22.9 Å². The lowest BCUT2D eigenvalue weighted by Crippen LogP contribution is -2.40. The topological polar surface area (TPSA) is 124 Å². The molecule has 1 amide bonds. The first kappa shape index (κ1) is 24.9. The highest BCUT2D eigenvalue weighted by molar-refractivity contribution is 7.91. The van der Waals surface area contributed by atoms with Gasteiger partial charge >= 0.3 is 0 Å². The lowest BCUT2D eigenvalue weighted by atomic mass is 10.2. The second-order valence-electron chi connectivity index (χ2n) is 7.42. The van der Waals surface area contributed by atoms with Crippen molar-refractivity contribution in [2.24, 2.45) is 4.99 Å². The number of amides is 1. The van der Waals surface area contributed by atoms with Crippen LogP contribution in [0.2, 0.25) is 4.34 Å². The Labute approximate surface area is 208 Å². The molecule has 0 aliphatic carbocycles. The summed E-state index contributed by atoms with van der Waals surface area (Å²) in [5.74, 6) is -0.574. The molecule has 1 aliphatic rings. The maximum Gasteiger partial charge on any atom is 0.271 e. The first-order valence-corrected chi connectivity index (χ1v) is 13.9. The quantitative estimate of drug-likeness (QED) is 0.242. The zero-order valence-electron chi connectivity index (χ0n) is 18.0. The standard InChI is InChI=1S/C20H21ClN4O6S3/c1-2-31-11-10-23-15-12-13(25(27)28)5-6-16(15)32-20(23)22-19(26)14-4-3-9-24(14)34(29,30)18-8-7-17(21)33-18/h5-8,12,14H,2-4,9-11H2,1H3. The fraction of sp³-hybridized carbons (Fsp3) is 0.400. The SMILES string of the molecule is CCOCCn1c(=NC(=O)C2CCCN2S(=O)(=O)c2ccc(Cl)s2)sc2ccc([N+](=O)[O-])cc21. The summed E-state index contributed by atoms with van der Waals surface area (Å²) >= 11 is 8.07. The molecule has 1 atom stereocenters. The number of benzene rings is 1. The van der Waals surface area contributed by atoms with Crippen LogP contribution in [0.15, 0.2) is 39.5 Å². The number of sulfonamides is 1. The highest BCUT2D eigenvalue weighted by Gasteiger charge is 2.40. The summed E-state index contributed by atoms with van der Waals surface area (Å²) < 4.78 is 35.7. The molecule has 182 valence electrons. The van der Waals surface area contributed by atoms with Gasteiger partial charge in [-0.25, -0.2) is 8.42 Å². The number of carbonyl (C=O) groups excluding carboxylic acids is 1. The average molecular weight is 545 g/mol. The van der Waals surface area contributed by atoms with Crippen molar-refractivity contribution < 1.29 is 22.9 Å². The molecular formula is C20H21ClN4O6S3. The number of thiazole rings is 1. The monoisotopic (exact) mass is 544 g/mol. The Balaban J connectivity index is 1.72. The normalized spacial score (nSPS) is 17.6. The first-order valence-electron chi connectivity index (χ1n) is 10.4. The molecule has 2 aromatic heterocycles. The average Bonchev–Trinajstić information content (AvgIpc) is 3.53. The van der Waals surface area contributed by atoms with Crippen LogP contribution in [0, 0.1) is 10.1 Å². The summed E-state index contributed by atoms with van der Waals surface area (Å²) in [6.07, 6.45) is 0.892. The molecule has 1 fully saturated rings. The van der Waals surface area contributed by atoms with E-state index in [0.717, 1.165) is 16.0 Å². The Bertz CT molecular complexity index is 1410. The molecule has 0 N–H and O–H groups in total. The van der Waals surface area contributed by atoms with Gasteiger partial charge in [-0.05, 0) is 38.0 Å². The summed E-state index contributed by atoms with van der Waals surface area (Å²) in [6.45, 7) is 3.23. The zero-order chi connectivity index (χ0) is 24.5. The van der Waals surface area contributed by atoms with Crippen LogP contribution in [0.5, 0.6) is 0 Å². The molecule has 1 aromatic carbocycles. The number of ether oxygens (including phenoxy) is 1. The van der Waals surface area contributed by atoms with Crippen molar-refractivity contribution in [1.82, 2.24) is 8.87 Å². The number of non-ortho nitro benzene ring substituents is 1. The predicted octanol–water partition coefficient (Wildman–Crippen LogP) is 3.64. The molecule has 34 heavy (non-hydrogen) atoms. The number of hydrogen-bond donors (Lipinski definition) is 0. The van der Waals surface area contributed by atoms with Crippen molar-refractivity contribution in [3.05, 3.63) is 49.6 Å². The van der Waals surface area contributed by atoms with Crippen LogP contribution in [0.25, 0.3) is 10.2 Å². The van der Waals surface area contributed by atoms with E-state index in [2.05, 4.69) is 4.99 Å². The van der Waals surface area contributed by atoms with E-state index in [1.807, 2.05) is 6.92 Å². The van der Waals surface area contributed by atoms with Gasteiger partial charge in [-0.15, -0.1) is 11.3 Å². The van der Waals surface area contributed by atoms with Crippen LogP contribution in [-0.4, -0.2) is 53.9 Å². The lowest BCUT2D eigenvalue weighted by Gasteiger charge is -2.20. The summed E-state index contributed by atoms with van der Waals surface area (Å²) in [4.78, 5) is 28.6. The van der Waals surface area contributed by atoms with Gasteiger partial charge < -0.3 is 9.30 Å². The minimum Gasteiger partial charge on any atom is -0.380 e. The Morgan fingerprint density at radius 3 is 2.79 bits per heavy atom. The highest BCUT2D eigenvalue weighted by atomic mass is 35.5. The molecule has 10 nitrogen and oxygen atoms in total. The number of thiophene rings is 1. The van der Waals surface area contributed by atoms with E-state index in [9.17, 15) is 23.3 Å². The number of carbonyl (C=O) groups is 1. The number of rotatable bonds is 8. The molecule has 0 spiro atoms. The largest absolute Gasteiger partial charge is 0.380 e. The molecule has 4 rings (SSSR count). The smallest absolute Gasteiger partial charge is 0.271 e. The van der Waals surface area contributed by atoms with E-state index in [1.165, 1.54) is 39.9 Å². The van der Waals surface area contributed by atoms with Gasteiger partial charge in [0.15, 0.2) is 4.80 Å². The third-order valence-corrected chi connectivity index (χ3v) is 10.0. The van der Waals surface area contributed by atoms with Crippen LogP contribution < -0.4 is 4.80 Å². The van der Waals surface area contributed by atoms with E-state index in [1.54, 1.807) is 10.6 Å².